The molecule has 0 amide bonds. The van der Waals surface area contributed by atoms with Gasteiger partial charge in [0, 0.05) is 12.6 Å². The van der Waals surface area contributed by atoms with Gasteiger partial charge in [-0.2, -0.15) is 0 Å². The predicted molar refractivity (Wildman–Crippen MR) is 64.2 cm³/mol. The van der Waals surface area contributed by atoms with Crippen LogP contribution < -0.4 is 10.1 Å². The highest BCUT2D eigenvalue weighted by atomic mass is 19.2. The van der Waals surface area contributed by atoms with E-state index < -0.39 is 11.6 Å². The van der Waals surface area contributed by atoms with E-state index in [0.717, 1.165) is 18.7 Å². The molecule has 0 saturated carbocycles. The third kappa shape index (κ3) is 5.13. The van der Waals surface area contributed by atoms with E-state index >= 15 is 0 Å². The third-order valence-corrected chi connectivity index (χ3v) is 2.21. The Kier molecular flexibility index (Phi) is 5.35. The van der Waals surface area contributed by atoms with Gasteiger partial charge in [-0.1, -0.05) is 13.8 Å². The van der Waals surface area contributed by atoms with Crippen molar-refractivity contribution in [3.8, 4) is 5.75 Å². The van der Waals surface area contributed by atoms with Crippen LogP contribution in [-0.4, -0.2) is 19.2 Å². The van der Waals surface area contributed by atoms with E-state index in [1.807, 2.05) is 6.92 Å². The predicted octanol–water partition coefficient (Wildman–Crippen LogP) is 2.98. The average Bonchev–Trinajstić information content (AvgIpc) is 2.23. The standard InChI is InChI=1S/C13H19F2NO/c1-9(2)7-16-8-10(3)17-11-4-5-12(14)13(15)6-11/h4-6,9-10,16H,7-8H2,1-3H3. The van der Waals surface area contributed by atoms with Crippen LogP contribution in [0.2, 0.25) is 0 Å². The quantitative estimate of drug-likeness (QED) is 0.829. The average molecular weight is 243 g/mol. The molecule has 0 aliphatic heterocycles. The summed E-state index contributed by atoms with van der Waals surface area (Å²) in [6.07, 6.45) is -0.0846. The normalized spacial score (nSPS) is 12.8. The van der Waals surface area contributed by atoms with Crippen LogP contribution in [0.3, 0.4) is 0 Å². The van der Waals surface area contributed by atoms with Crippen molar-refractivity contribution in [3.63, 3.8) is 0 Å². The van der Waals surface area contributed by atoms with Crippen molar-refractivity contribution in [1.82, 2.24) is 5.32 Å². The van der Waals surface area contributed by atoms with Gasteiger partial charge in [-0.25, -0.2) is 8.78 Å². The Labute approximate surface area is 101 Å². The second kappa shape index (κ2) is 6.55. The van der Waals surface area contributed by atoms with Crippen LogP contribution in [0.5, 0.6) is 5.75 Å². The van der Waals surface area contributed by atoms with Crippen LogP contribution in [0.1, 0.15) is 20.8 Å². The lowest BCUT2D eigenvalue weighted by Gasteiger charge is -2.16. The van der Waals surface area contributed by atoms with Crippen LogP contribution in [-0.2, 0) is 0 Å². The van der Waals surface area contributed by atoms with Gasteiger partial charge in [-0.05, 0) is 31.5 Å². The summed E-state index contributed by atoms with van der Waals surface area (Å²) in [5.74, 6) is -0.819. The van der Waals surface area contributed by atoms with E-state index in [-0.39, 0.29) is 6.10 Å². The van der Waals surface area contributed by atoms with Gasteiger partial charge in [0.1, 0.15) is 11.9 Å². The molecule has 1 atom stereocenters. The Morgan fingerprint density at radius 2 is 1.82 bits per heavy atom. The lowest BCUT2D eigenvalue weighted by atomic mass is 10.2. The molecule has 1 aromatic carbocycles. The molecule has 4 heteroatoms. The van der Waals surface area contributed by atoms with Crippen molar-refractivity contribution in [2.24, 2.45) is 5.92 Å². The maximum Gasteiger partial charge on any atom is 0.162 e. The molecule has 17 heavy (non-hydrogen) atoms. The molecule has 0 heterocycles. The topological polar surface area (TPSA) is 21.3 Å². The van der Waals surface area contributed by atoms with E-state index in [9.17, 15) is 8.78 Å². The molecule has 0 radical (unpaired) electrons. The molecule has 0 bridgehead atoms. The number of hydrogen-bond acceptors (Lipinski definition) is 2. The molecule has 0 aliphatic rings. The Hall–Kier alpha value is -1.16. The Balaban J connectivity index is 2.39. The highest BCUT2D eigenvalue weighted by Crippen LogP contribution is 2.16. The first-order valence-electron chi connectivity index (χ1n) is 5.81. The zero-order valence-corrected chi connectivity index (χ0v) is 10.5. The summed E-state index contributed by atoms with van der Waals surface area (Å²) in [6, 6.07) is 3.56. The molecule has 1 rings (SSSR count). The van der Waals surface area contributed by atoms with E-state index in [4.69, 9.17) is 4.74 Å². The van der Waals surface area contributed by atoms with E-state index in [1.165, 1.54) is 6.07 Å². The van der Waals surface area contributed by atoms with Crippen LogP contribution in [0.25, 0.3) is 0 Å². The first-order valence-corrected chi connectivity index (χ1v) is 5.81. The molecular weight excluding hydrogens is 224 g/mol. The van der Waals surface area contributed by atoms with Gasteiger partial charge in [-0.3, -0.25) is 0 Å². The lowest BCUT2D eigenvalue weighted by molar-refractivity contribution is 0.214. The monoisotopic (exact) mass is 243 g/mol. The van der Waals surface area contributed by atoms with Gasteiger partial charge < -0.3 is 10.1 Å². The Bertz CT molecular complexity index is 355. The third-order valence-electron chi connectivity index (χ3n) is 2.21. The maximum atomic E-state index is 12.9. The zero-order chi connectivity index (χ0) is 12.8. The van der Waals surface area contributed by atoms with Crippen LogP contribution >= 0.6 is 0 Å². The first-order chi connectivity index (χ1) is 7.99. The first kappa shape index (κ1) is 13.9. The molecule has 0 fully saturated rings. The molecule has 0 aliphatic carbocycles. The van der Waals surface area contributed by atoms with Gasteiger partial charge in [-0.15, -0.1) is 0 Å². The maximum absolute atomic E-state index is 12.9. The minimum atomic E-state index is -0.884. The van der Waals surface area contributed by atoms with Crippen LogP contribution in [0.15, 0.2) is 18.2 Å². The fourth-order valence-electron chi connectivity index (χ4n) is 1.40. The Morgan fingerprint density at radius 1 is 1.12 bits per heavy atom. The molecule has 0 aromatic heterocycles. The molecular formula is C13H19F2NO. The fourth-order valence-corrected chi connectivity index (χ4v) is 1.40. The number of benzene rings is 1. The number of ether oxygens (including phenoxy) is 1. The lowest BCUT2D eigenvalue weighted by Crippen LogP contribution is -2.31. The zero-order valence-electron chi connectivity index (χ0n) is 10.5. The van der Waals surface area contributed by atoms with E-state index in [1.54, 1.807) is 0 Å². The molecule has 1 aromatic rings. The summed E-state index contributed by atoms with van der Waals surface area (Å²) in [6.45, 7) is 7.71. The smallest absolute Gasteiger partial charge is 0.162 e. The minimum Gasteiger partial charge on any atom is -0.489 e. The molecule has 1 N–H and O–H groups in total. The van der Waals surface area contributed by atoms with E-state index in [0.29, 0.717) is 18.2 Å². The molecule has 0 saturated heterocycles. The molecule has 2 nitrogen and oxygen atoms in total. The summed E-state index contributed by atoms with van der Waals surface area (Å²) < 4.78 is 31.1. The summed E-state index contributed by atoms with van der Waals surface area (Å²) in [7, 11) is 0. The summed E-state index contributed by atoms with van der Waals surface area (Å²) in [5, 5.41) is 3.24. The summed E-state index contributed by atoms with van der Waals surface area (Å²) in [5.41, 5.74) is 0. The number of halogens is 2. The largest absolute Gasteiger partial charge is 0.489 e. The summed E-state index contributed by atoms with van der Waals surface area (Å²) in [4.78, 5) is 0. The van der Waals surface area contributed by atoms with Crippen molar-refractivity contribution >= 4 is 0 Å². The van der Waals surface area contributed by atoms with Gasteiger partial charge in [0.05, 0.1) is 0 Å². The van der Waals surface area contributed by atoms with Crippen LogP contribution in [0, 0.1) is 17.6 Å². The van der Waals surface area contributed by atoms with Crippen LogP contribution in [0.4, 0.5) is 8.78 Å². The molecule has 1 unspecified atom stereocenters. The number of rotatable bonds is 6. The van der Waals surface area contributed by atoms with Gasteiger partial charge in [0.2, 0.25) is 0 Å². The molecule has 0 spiro atoms. The van der Waals surface area contributed by atoms with Crippen molar-refractivity contribution in [1.29, 1.82) is 0 Å². The number of nitrogens with one attached hydrogen (secondary N) is 1. The van der Waals surface area contributed by atoms with Crippen molar-refractivity contribution in [2.75, 3.05) is 13.1 Å². The van der Waals surface area contributed by atoms with E-state index in [2.05, 4.69) is 19.2 Å². The highest BCUT2D eigenvalue weighted by Gasteiger charge is 2.07. The van der Waals surface area contributed by atoms with Gasteiger partial charge in [0.15, 0.2) is 11.6 Å². The van der Waals surface area contributed by atoms with Crippen molar-refractivity contribution in [2.45, 2.75) is 26.9 Å². The van der Waals surface area contributed by atoms with Crippen molar-refractivity contribution in [3.05, 3.63) is 29.8 Å². The Morgan fingerprint density at radius 3 is 2.41 bits per heavy atom. The van der Waals surface area contributed by atoms with Crippen molar-refractivity contribution < 1.29 is 13.5 Å². The number of hydrogen-bond donors (Lipinski definition) is 1. The highest BCUT2D eigenvalue weighted by molar-refractivity contribution is 5.23. The summed E-state index contributed by atoms with van der Waals surface area (Å²) >= 11 is 0. The fraction of sp³-hybridized carbons (Fsp3) is 0.538. The molecule has 96 valence electrons. The minimum absolute atomic E-state index is 0.0846. The van der Waals surface area contributed by atoms with Gasteiger partial charge in [0.25, 0.3) is 0 Å². The van der Waals surface area contributed by atoms with Gasteiger partial charge >= 0.3 is 0 Å². The second-order valence-electron chi connectivity index (χ2n) is 4.56. The SMILES string of the molecule is CC(C)CNCC(C)Oc1ccc(F)c(F)c1. The second-order valence-corrected chi connectivity index (χ2v) is 4.56.